The third kappa shape index (κ3) is 2.52. The molecule has 8 nitrogen and oxygen atoms in total. The number of primary amides is 1. The van der Waals surface area contributed by atoms with Crippen molar-refractivity contribution in [1.29, 1.82) is 0 Å². The Balaban J connectivity index is 1.57. The molecule has 9 heteroatoms. The number of aromatic amines is 1. The van der Waals surface area contributed by atoms with Gasteiger partial charge < -0.3 is 15.2 Å². The van der Waals surface area contributed by atoms with Crippen molar-refractivity contribution in [3.63, 3.8) is 0 Å². The van der Waals surface area contributed by atoms with Crippen molar-refractivity contribution in [1.82, 2.24) is 25.0 Å². The second kappa shape index (κ2) is 5.68. The van der Waals surface area contributed by atoms with Crippen LogP contribution >= 0.6 is 0 Å². The number of H-pyrrole nitrogens is 1. The van der Waals surface area contributed by atoms with Crippen LogP contribution in [0, 0.1) is 5.82 Å². The van der Waals surface area contributed by atoms with Gasteiger partial charge in [-0.1, -0.05) is 11.2 Å². The van der Waals surface area contributed by atoms with E-state index in [4.69, 9.17) is 10.3 Å². The standard InChI is InChI=1S/C15H15FN6O2/c16-8-3-1-4-9-12(8)19-11(18-9)7-22-6-2-5-10(22)15-20-14(13(17)23)21-24-15/h1,3-4,10H,2,5-7H2,(H2,17,23)(H,18,19)/t10-/m1/s1. The zero-order chi connectivity index (χ0) is 16.7. The summed E-state index contributed by atoms with van der Waals surface area (Å²) in [7, 11) is 0. The minimum absolute atomic E-state index is 0.108. The fourth-order valence-corrected chi connectivity index (χ4v) is 3.08. The van der Waals surface area contributed by atoms with E-state index >= 15 is 0 Å². The van der Waals surface area contributed by atoms with Crippen LogP contribution in [0.15, 0.2) is 22.7 Å². The predicted molar refractivity (Wildman–Crippen MR) is 81.3 cm³/mol. The highest BCUT2D eigenvalue weighted by molar-refractivity contribution is 5.88. The number of aromatic nitrogens is 4. The third-order valence-corrected chi connectivity index (χ3v) is 4.18. The molecule has 3 N–H and O–H groups in total. The fraction of sp³-hybridized carbons (Fsp3) is 0.333. The number of likely N-dealkylation sites (tertiary alicyclic amines) is 1. The number of carbonyl (C=O) groups excluding carboxylic acids is 1. The van der Waals surface area contributed by atoms with Gasteiger partial charge in [-0.2, -0.15) is 4.98 Å². The number of amides is 1. The molecule has 1 amide bonds. The van der Waals surface area contributed by atoms with Crippen LogP contribution in [0.1, 0.15) is 41.2 Å². The van der Waals surface area contributed by atoms with Gasteiger partial charge in [0, 0.05) is 0 Å². The summed E-state index contributed by atoms with van der Waals surface area (Å²) in [5.74, 6) is -0.166. The van der Waals surface area contributed by atoms with Gasteiger partial charge in [0.1, 0.15) is 11.3 Å². The smallest absolute Gasteiger partial charge is 0.290 e. The minimum atomic E-state index is -0.720. The average molecular weight is 330 g/mol. The highest BCUT2D eigenvalue weighted by Crippen LogP contribution is 2.32. The summed E-state index contributed by atoms with van der Waals surface area (Å²) >= 11 is 0. The first-order chi connectivity index (χ1) is 11.6. The number of benzene rings is 1. The number of hydrogen-bond acceptors (Lipinski definition) is 6. The second-order valence-corrected chi connectivity index (χ2v) is 5.77. The van der Waals surface area contributed by atoms with Crippen LogP contribution in [-0.4, -0.2) is 37.5 Å². The minimum Gasteiger partial charge on any atom is -0.363 e. The maximum Gasteiger partial charge on any atom is 0.290 e. The Bertz CT molecular complexity index is 904. The van der Waals surface area contributed by atoms with Crippen LogP contribution in [0.4, 0.5) is 4.39 Å². The van der Waals surface area contributed by atoms with E-state index in [0.717, 1.165) is 19.4 Å². The van der Waals surface area contributed by atoms with Crippen molar-refractivity contribution in [2.24, 2.45) is 5.73 Å². The normalized spacial score (nSPS) is 18.5. The van der Waals surface area contributed by atoms with Gasteiger partial charge in [-0.3, -0.25) is 9.69 Å². The molecule has 124 valence electrons. The van der Waals surface area contributed by atoms with E-state index < -0.39 is 5.91 Å². The molecule has 0 spiro atoms. The molecule has 0 unspecified atom stereocenters. The van der Waals surface area contributed by atoms with Crippen molar-refractivity contribution in [3.05, 3.63) is 41.6 Å². The molecule has 0 bridgehead atoms. The first-order valence-corrected chi connectivity index (χ1v) is 7.62. The molecule has 2 aromatic heterocycles. The Morgan fingerprint density at radius 2 is 2.33 bits per heavy atom. The Kier molecular flexibility index (Phi) is 3.49. The second-order valence-electron chi connectivity index (χ2n) is 5.77. The molecule has 4 rings (SSSR count). The van der Waals surface area contributed by atoms with Gasteiger partial charge in [0.15, 0.2) is 5.82 Å². The highest BCUT2D eigenvalue weighted by atomic mass is 19.1. The van der Waals surface area contributed by atoms with E-state index in [1.54, 1.807) is 12.1 Å². The van der Waals surface area contributed by atoms with Gasteiger partial charge in [-0.05, 0) is 31.5 Å². The first kappa shape index (κ1) is 14.8. The van der Waals surface area contributed by atoms with Crippen molar-refractivity contribution in [2.45, 2.75) is 25.4 Å². The van der Waals surface area contributed by atoms with Crippen molar-refractivity contribution < 1.29 is 13.7 Å². The molecule has 3 aromatic rings. The third-order valence-electron chi connectivity index (χ3n) is 4.18. The molecule has 1 aliphatic rings. The largest absolute Gasteiger partial charge is 0.363 e. The maximum absolute atomic E-state index is 13.8. The van der Waals surface area contributed by atoms with E-state index in [2.05, 4.69) is 25.0 Å². The molecule has 0 saturated carbocycles. The van der Waals surface area contributed by atoms with Crippen LogP contribution in [0.2, 0.25) is 0 Å². The zero-order valence-corrected chi connectivity index (χ0v) is 12.7. The Morgan fingerprint density at radius 1 is 1.46 bits per heavy atom. The van der Waals surface area contributed by atoms with Gasteiger partial charge in [-0.25, -0.2) is 9.37 Å². The molecule has 1 atom stereocenters. The number of rotatable bonds is 4. The Hall–Kier alpha value is -2.81. The summed E-state index contributed by atoms with van der Waals surface area (Å²) in [6, 6.07) is 4.70. The van der Waals surface area contributed by atoms with Crippen LogP contribution in [0.3, 0.4) is 0 Å². The van der Waals surface area contributed by atoms with E-state index in [-0.39, 0.29) is 17.7 Å². The van der Waals surface area contributed by atoms with Crippen molar-refractivity contribution in [2.75, 3.05) is 6.54 Å². The van der Waals surface area contributed by atoms with Gasteiger partial charge in [0.25, 0.3) is 11.7 Å². The van der Waals surface area contributed by atoms with Crippen LogP contribution in [0.5, 0.6) is 0 Å². The Morgan fingerprint density at radius 3 is 3.08 bits per heavy atom. The summed E-state index contributed by atoms with van der Waals surface area (Å²) in [4.78, 5) is 24.7. The zero-order valence-electron chi connectivity index (χ0n) is 12.7. The number of nitrogens with zero attached hydrogens (tertiary/aromatic N) is 4. The van der Waals surface area contributed by atoms with Gasteiger partial charge in [-0.15, -0.1) is 0 Å². The molecule has 1 saturated heterocycles. The molecular weight excluding hydrogens is 315 g/mol. The van der Waals surface area contributed by atoms with Crippen LogP contribution in [0.25, 0.3) is 11.0 Å². The summed E-state index contributed by atoms with van der Waals surface area (Å²) < 4.78 is 18.9. The SMILES string of the molecule is NC(=O)c1noc([C@H]2CCCN2Cc2nc3c(F)cccc3[nH]2)n1. The van der Waals surface area contributed by atoms with Crippen LogP contribution < -0.4 is 5.73 Å². The molecule has 1 aromatic carbocycles. The van der Waals surface area contributed by atoms with Gasteiger partial charge >= 0.3 is 0 Å². The lowest BCUT2D eigenvalue weighted by atomic mass is 10.2. The fourth-order valence-electron chi connectivity index (χ4n) is 3.08. The lowest BCUT2D eigenvalue weighted by Crippen LogP contribution is -2.24. The summed E-state index contributed by atoms with van der Waals surface area (Å²) in [6.45, 7) is 1.31. The maximum atomic E-state index is 13.8. The molecule has 1 fully saturated rings. The van der Waals surface area contributed by atoms with Gasteiger partial charge in [0.05, 0.1) is 18.1 Å². The van der Waals surface area contributed by atoms with E-state index in [1.165, 1.54) is 6.07 Å². The number of halogens is 1. The average Bonchev–Trinajstić information content (AvgIpc) is 3.25. The number of nitrogens with two attached hydrogens (primary N) is 1. The molecule has 0 radical (unpaired) electrons. The highest BCUT2D eigenvalue weighted by Gasteiger charge is 2.31. The number of carbonyl (C=O) groups is 1. The molecule has 3 heterocycles. The van der Waals surface area contributed by atoms with Gasteiger partial charge in [0.2, 0.25) is 5.89 Å². The number of imidazole rings is 1. The monoisotopic (exact) mass is 330 g/mol. The number of hydrogen-bond donors (Lipinski definition) is 2. The van der Waals surface area contributed by atoms with E-state index in [1.807, 2.05) is 0 Å². The first-order valence-electron chi connectivity index (χ1n) is 7.62. The summed E-state index contributed by atoms with van der Waals surface area (Å²) in [6.07, 6.45) is 1.78. The molecular formula is C15H15FN6O2. The van der Waals surface area contributed by atoms with Crippen LogP contribution in [-0.2, 0) is 6.54 Å². The number of fused-ring (bicyclic) bond motifs is 1. The number of nitrogens with one attached hydrogen (secondary N) is 1. The van der Waals surface area contributed by atoms with E-state index in [9.17, 15) is 9.18 Å². The molecule has 1 aliphatic heterocycles. The van der Waals surface area contributed by atoms with Crippen molar-refractivity contribution in [3.8, 4) is 0 Å². The lowest BCUT2D eigenvalue weighted by Gasteiger charge is -2.19. The Labute approximate surface area is 135 Å². The summed E-state index contributed by atoms with van der Waals surface area (Å²) in [5.41, 5.74) is 6.15. The molecule has 24 heavy (non-hydrogen) atoms. The van der Waals surface area contributed by atoms with E-state index in [0.29, 0.717) is 29.3 Å². The quantitative estimate of drug-likeness (QED) is 0.749. The molecule has 0 aliphatic carbocycles. The lowest BCUT2D eigenvalue weighted by molar-refractivity contribution is 0.0987. The summed E-state index contributed by atoms with van der Waals surface area (Å²) in [5, 5.41) is 3.59. The van der Waals surface area contributed by atoms with Crippen molar-refractivity contribution >= 4 is 16.9 Å². The topological polar surface area (TPSA) is 114 Å². The number of para-hydroxylation sites is 1. The predicted octanol–water partition coefficient (Wildman–Crippen LogP) is 1.52.